The van der Waals surface area contributed by atoms with Crippen molar-refractivity contribution in [2.45, 2.75) is 24.0 Å². The van der Waals surface area contributed by atoms with Gasteiger partial charge < -0.3 is 14.2 Å². The lowest BCUT2D eigenvalue weighted by molar-refractivity contribution is 0.0946. The number of ether oxygens (including phenoxy) is 3. The summed E-state index contributed by atoms with van der Waals surface area (Å²) < 4.78 is 58.7. The number of nitrogens with zero attached hydrogens (tertiary/aromatic N) is 6. The first-order valence-electron chi connectivity index (χ1n) is 11.1. The molecule has 0 saturated heterocycles. The van der Waals surface area contributed by atoms with Crippen molar-refractivity contribution in [1.82, 2.24) is 29.7 Å². The fraction of sp³-hybridized carbons (Fsp3) is 0.292. The van der Waals surface area contributed by atoms with Crippen LogP contribution in [0.25, 0.3) is 17.1 Å². The van der Waals surface area contributed by atoms with Crippen molar-refractivity contribution in [3.63, 3.8) is 0 Å². The van der Waals surface area contributed by atoms with Gasteiger partial charge in [0, 0.05) is 25.1 Å². The summed E-state index contributed by atoms with van der Waals surface area (Å²) in [5, 5.41) is 7.42. The van der Waals surface area contributed by atoms with Gasteiger partial charge in [0.15, 0.2) is 33.1 Å². The molecule has 0 aliphatic rings. The largest absolute Gasteiger partial charge is 0.494 e. The smallest absolute Gasteiger partial charge is 0.170 e. The summed E-state index contributed by atoms with van der Waals surface area (Å²) in [6.45, 7) is 1.47. The first-order chi connectivity index (χ1) is 17.8. The van der Waals surface area contributed by atoms with Crippen LogP contribution in [0.3, 0.4) is 0 Å². The molecule has 0 spiro atoms. The molecule has 0 N–H and O–H groups in total. The normalized spacial score (nSPS) is 13.2. The van der Waals surface area contributed by atoms with E-state index in [1.54, 1.807) is 47.3 Å². The Morgan fingerprint density at radius 3 is 2.22 bits per heavy atom. The molecule has 0 aliphatic heterocycles. The van der Waals surface area contributed by atoms with E-state index in [1.807, 2.05) is 0 Å². The van der Waals surface area contributed by atoms with Crippen molar-refractivity contribution in [2.24, 2.45) is 0 Å². The van der Waals surface area contributed by atoms with Gasteiger partial charge in [-0.1, -0.05) is 6.07 Å². The summed E-state index contributed by atoms with van der Waals surface area (Å²) in [5.74, 6) is 0.196. The van der Waals surface area contributed by atoms with E-state index < -0.39 is 32.8 Å². The average molecular weight is 529 g/mol. The molecule has 0 aliphatic carbocycles. The number of aromatic nitrogens is 6. The molecular weight excluding hydrogens is 503 g/mol. The zero-order valence-electron chi connectivity index (χ0n) is 20.6. The van der Waals surface area contributed by atoms with Crippen molar-refractivity contribution in [2.75, 3.05) is 21.3 Å². The second-order valence-corrected chi connectivity index (χ2v) is 10.3. The third kappa shape index (κ3) is 5.27. The highest BCUT2D eigenvalue weighted by atomic mass is 32.2. The van der Waals surface area contributed by atoms with E-state index in [-0.39, 0.29) is 11.6 Å². The van der Waals surface area contributed by atoms with Crippen molar-refractivity contribution in [1.29, 1.82) is 0 Å². The van der Waals surface area contributed by atoms with Crippen LogP contribution in [-0.2, 0) is 20.3 Å². The lowest BCUT2D eigenvalue weighted by atomic mass is 10.2. The summed E-state index contributed by atoms with van der Waals surface area (Å²) in [7, 11) is 0.392. The SMILES string of the molecule is COc1cccc(OC)c1-n1c(CS(=O)(=O)[C@@H](C)[C@H](OC)c2ncc(F)cn2)nnc1-c1cccnc1. The molecule has 0 saturated carbocycles. The fourth-order valence-electron chi connectivity index (χ4n) is 3.85. The number of hydrogen-bond acceptors (Lipinski definition) is 10. The van der Waals surface area contributed by atoms with Gasteiger partial charge in [0.25, 0.3) is 0 Å². The molecule has 13 heteroatoms. The van der Waals surface area contributed by atoms with Crippen LogP contribution in [-0.4, -0.2) is 64.7 Å². The molecule has 0 radical (unpaired) electrons. The van der Waals surface area contributed by atoms with Crippen molar-refractivity contribution < 1.29 is 27.0 Å². The van der Waals surface area contributed by atoms with E-state index in [1.165, 1.54) is 28.3 Å². The molecule has 4 aromatic rings. The Morgan fingerprint density at radius 2 is 1.65 bits per heavy atom. The van der Waals surface area contributed by atoms with E-state index >= 15 is 0 Å². The minimum absolute atomic E-state index is 0.0453. The minimum Gasteiger partial charge on any atom is -0.494 e. The predicted octanol–water partition coefficient (Wildman–Crippen LogP) is 2.97. The summed E-state index contributed by atoms with van der Waals surface area (Å²) in [6.07, 6.45) is 4.08. The fourth-order valence-corrected chi connectivity index (χ4v) is 5.27. The Bertz CT molecular complexity index is 1440. The maximum Gasteiger partial charge on any atom is 0.170 e. The third-order valence-electron chi connectivity index (χ3n) is 5.75. The monoisotopic (exact) mass is 528 g/mol. The van der Waals surface area contributed by atoms with Crippen LogP contribution in [0.4, 0.5) is 4.39 Å². The highest BCUT2D eigenvalue weighted by molar-refractivity contribution is 7.91. The summed E-state index contributed by atoms with van der Waals surface area (Å²) in [4.78, 5) is 11.9. The number of rotatable bonds is 10. The molecule has 37 heavy (non-hydrogen) atoms. The first kappa shape index (κ1) is 26.1. The first-order valence-corrected chi connectivity index (χ1v) is 12.8. The van der Waals surface area contributed by atoms with E-state index in [2.05, 4.69) is 25.1 Å². The van der Waals surface area contributed by atoms with Crippen LogP contribution in [0.15, 0.2) is 55.1 Å². The molecule has 0 fully saturated rings. The van der Waals surface area contributed by atoms with Gasteiger partial charge in [-0.25, -0.2) is 22.8 Å². The van der Waals surface area contributed by atoms with Crippen LogP contribution in [0.1, 0.15) is 24.7 Å². The zero-order valence-corrected chi connectivity index (χ0v) is 21.4. The topological polar surface area (TPSA) is 131 Å². The Hall–Kier alpha value is -3.97. The number of halogens is 1. The number of hydrogen-bond donors (Lipinski definition) is 0. The van der Waals surface area contributed by atoms with E-state index in [9.17, 15) is 12.8 Å². The van der Waals surface area contributed by atoms with E-state index in [0.29, 0.717) is 28.6 Å². The molecule has 11 nitrogen and oxygen atoms in total. The van der Waals surface area contributed by atoms with Gasteiger partial charge in [0.1, 0.15) is 29.0 Å². The zero-order chi connectivity index (χ0) is 26.6. The predicted molar refractivity (Wildman–Crippen MR) is 132 cm³/mol. The van der Waals surface area contributed by atoms with Crippen LogP contribution >= 0.6 is 0 Å². The van der Waals surface area contributed by atoms with Crippen LogP contribution in [0, 0.1) is 5.82 Å². The molecule has 0 amide bonds. The van der Waals surface area contributed by atoms with Gasteiger partial charge in [0.2, 0.25) is 0 Å². The minimum atomic E-state index is -3.94. The molecular formula is C24H25FN6O5S. The lowest BCUT2D eigenvalue weighted by Crippen LogP contribution is -2.30. The molecule has 0 bridgehead atoms. The Balaban J connectivity index is 1.83. The molecule has 0 unspecified atom stereocenters. The molecule has 194 valence electrons. The number of para-hydroxylation sites is 1. The maximum absolute atomic E-state index is 13.6. The van der Waals surface area contributed by atoms with Gasteiger partial charge in [-0.2, -0.15) is 0 Å². The summed E-state index contributed by atoms with van der Waals surface area (Å²) >= 11 is 0. The Labute approximate surface area is 213 Å². The molecule has 3 aromatic heterocycles. The van der Waals surface area contributed by atoms with Gasteiger partial charge in [-0.05, 0) is 31.2 Å². The highest BCUT2D eigenvalue weighted by Gasteiger charge is 2.35. The Kier molecular flexibility index (Phi) is 7.74. The van der Waals surface area contributed by atoms with Gasteiger partial charge in [0.05, 0.1) is 31.9 Å². The standard InChI is InChI=1S/C24H25FN6O5S/c1-15(22(36-4)23-27-12-17(25)13-28-23)37(32,33)14-20-29-30-24(16-7-6-10-26-11-16)31(20)21-18(34-2)8-5-9-19(21)35-3/h5-13,15,22H,14H2,1-4H3/t15-,22-/m0/s1. The second-order valence-electron chi connectivity index (χ2n) is 7.96. The van der Waals surface area contributed by atoms with Gasteiger partial charge >= 0.3 is 0 Å². The third-order valence-corrected chi connectivity index (χ3v) is 7.79. The molecule has 3 heterocycles. The molecule has 1 aromatic carbocycles. The van der Waals surface area contributed by atoms with Crippen LogP contribution < -0.4 is 9.47 Å². The van der Waals surface area contributed by atoms with Crippen molar-refractivity contribution >= 4 is 9.84 Å². The van der Waals surface area contributed by atoms with Crippen molar-refractivity contribution in [3.8, 4) is 28.6 Å². The van der Waals surface area contributed by atoms with Crippen LogP contribution in [0.5, 0.6) is 11.5 Å². The van der Waals surface area contributed by atoms with E-state index in [0.717, 1.165) is 12.4 Å². The Morgan fingerprint density at radius 1 is 0.973 bits per heavy atom. The second kappa shape index (κ2) is 11.0. The highest BCUT2D eigenvalue weighted by Crippen LogP contribution is 2.37. The number of pyridine rings is 1. The van der Waals surface area contributed by atoms with Gasteiger partial charge in [-0.3, -0.25) is 9.55 Å². The summed E-state index contributed by atoms with van der Waals surface area (Å²) in [6, 6.07) is 8.71. The van der Waals surface area contributed by atoms with Crippen molar-refractivity contribution in [3.05, 3.63) is 72.6 Å². The summed E-state index contributed by atoms with van der Waals surface area (Å²) in [5.41, 5.74) is 1.04. The van der Waals surface area contributed by atoms with E-state index in [4.69, 9.17) is 14.2 Å². The number of methoxy groups -OCH3 is 3. The number of sulfone groups is 1. The molecule has 2 atom stereocenters. The lowest BCUT2D eigenvalue weighted by Gasteiger charge is -2.22. The molecule has 4 rings (SSSR count). The number of benzene rings is 1. The maximum atomic E-state index is 13.6. The van der Waals surface area contributed by atoms with Gasteiger partial charge in [-0.15, -0.1) is 10.2 Å². The quantitative estimate of drug-likeness (QED) is 0.303. The van der Waals surface area contributed by atoms with Crippen LogP contribution in [0.2, 0.25) is 0 Å². The average Bonchev–Trinajstić information content (AvgIpc) is 3.32.